The zero-order valence-electron chi connectivity index (χ0n) is 9.91. The number of aromatic nitrogens is 1. The van der Waals surface area contributed by atoms with E-state index < -0.39 is 0 Å². The Morgan fingerprint density at radius 2 is 2.31 bits per heavy atom. The SMILES string of the molecule is COc1cccc(CNCCC2CCC2)n1. The Bertz CT molecular complexity index is 323. The van der Waals surface area contributed by atoms with E-state index in [-0.39, 0.29) is 0 Å². The number of nitrogens with one attached hydrogen (secondary N) is 1. The molecule has 0 atom stereocenters. The minimum atomic E-state index is 0.693. The third kappa shape index (κ3) is 3.20. The zero-order valence-corrected chi connectivity index (χ0v) is 9.91. The van der Waals surface area contributed by atoms with Crippen molar-refractivity contribution in [2.45, 2.75) is 32.2 Å². The van der Waals surface area contributed by atoms with Gasteiger partial charge in [-0.2, -0.15) is 0 Å². The van der Waals surface area contributed by atoms with Crippen LogP contribution in [0.3, 0.4) is 0 Å². The van der Waals surface area contributed by atoms with E-state index >= 15 is 0 Å². The van der Waals surface area contributed by atoms with Gasteiger partial charge in [-0.3, -0.25) is 0 Å². The number of pyridine rings is 1. The number of nitrogens with zero attached hydrogens (tertiary/aromatic N) is 1. The van der Waals surface area contributed by atoms with Crippen LogP contribution in [0.4, 0.5) is 0 Å². The van der Waals surface area contributed by atoms with Crippen molar-refractivity contribution in [2.24, 2.45) is 5.92 Å². The quantitative estimate of drug-likeness (QED) is 0.747. The second-order valence-corrected chi connectivity index (χ2v) is 4.43. The highest BCUT2D eigenvalue weighted by atomic mass is 16.5. The van der Waals surface area contributed by atoms with Crippen molar-refractivity contribution in [3.8, 4) is 5.88 Å². The summed E-state index contributed by atoms with van der Waals surface area (Å²) >= 11 is 0. The van der Waals surface area contributed by atoms with Crippen molar-refractivity contribution in [3.05, 3.63) is 23.9 Å². The smallest absolute Gasteiger partial charge is 0.213 e. The van der Waals surface area contributed by atoms with Crippen LogP contribution >= 0.6 is 0 Å². The molecule has 1 aliphatic carbocycles. The van der Waals surface area contributed by atoms with Crippen LogP contribution in [0.5, 0.6) is 5.88 Å². The fourth-order valence-electron chi connectivity index (χ4n) is 1.97. The maximum Gasteiger partial charge on any atom is 0.213 e. The predicted molar refractivity (Wildman–Crippen MR) is 64.5 cm³/mol. The molecule has 1 heterocycles. The van der Waals surface area contributed by atoms with Gasteiger partial charge in [-0.1, -0.05) is 25.3 Å². The minimum absolute atomic E-state index is 0.693. The normalized spacial score (nSPS) is 15.8. The van der Waals surface area contributed by atoms with Gasteiger partial charge in [-0.25, -0.2) is 4.98 Å². The lowest BCUT2D eigenvalue weighted by Gasteiger charge is -2.25. The molecule has 1 fully saturated rings. The lowest BCUT2D eigenvalue weighted by Crippen LogP contribution is -2.21. The molecule has 0 bridgehead atoms. The van der Waals surface area contributed by atoms with E-state index in [1.54, 1.807) is 7.11 Å². The first-order valence-electron chi connectivity index (χ1n) is 6.09. The number of rotatable bonds is 6. The Kier molecular flexibility index (Phi) is 4.17. The molecule has 0 aliphatic heterocycles. The average Bonchev–Trinajstić information content (AvgIpc) is 2.27. The third-order valence-corrected chi connectivity index (χ3v) is 3.25. The molecular formula is C13H20N2O. The van der Waals surface area contributed by atoms with Gasteiger partial charge in [0.1, 0.15) is 0 Å². The molecule has 0 saturated heterocycles. The Morgan fingerprint density at radius 3 is 3.00 bits per heavy atom. The van der Waals surface area contributed by atoms with Gasteiger partial charge in [0.05, 0.1) is 12.8 Å². The number of hydrogen-bond acceptors (Lipinski definition) is 3. The fraction of sp³-hybridized carbons (Fsp3) is 0.615. The largest absolute Gasteiger partial charge is 0.481 e. The summed E-state index contributed by atoms with van der Waals surface area (Å²) in [5, 5.41) is 3.43. The van der Waals surface area contributed by atoms with Crippen molar-refractivity contribution in [1.29, 1.82) is 0 Å². The topological polar surface area (TPSA) is 34.1 Å². The van der Waals surface area contributed by atoms with Crippen LogP contribution in [0.15, 0.2) is 18.2 Å². The number of methoxy groups -OCH3 is 1. The molecular weight excluding hydrogens is 200 g/mol. The van der Waals surface area contributed by atoms with Gasteiger partial charge in [0.25, 0.3) is 0 Å². The third-order valence-electron chi connectivity index (χ3n) is 3.25. The molecule has 0 amide bonds. The number of ether oxygens (including phenoxy) is 1. The summed E-state index contributed by atoms with van der Waals surface area (Å²) in [6.07, 6.45) is 5.60. The predicted octanol–water partition coefficient (Wildman–Crippen LogP) is 2.37. The summed E-state index contributed by atoms with van der Waals surface area (Å²) < 4.78 is 5.09. The standard InChI is InChI=1S/C13H20N2O/c1-16-13-7-3-6-12(15-13)10-14-9-8-11-4-2-5-11/h3,6-7,11,14H,2,4-5,8-10H2,1H3. The van der Waals surface area contributed by atoms with Crippen molar-refractivity contribution >= 4 is 0 Å². The minimum Gasteiger partial charge on any atom is -0.481 e. The molecule has 3 nitrogen and oxygen atoms in total. The molecule has 0 spiro atoms. The first kappa shape index (κ1) is 11.4. The van der Waals surface area contributed by atoms with Crippen LogP contribution < -0.4 is 10.1 Å². The molecule has 1 aromatic rings. The van der Waals surface area contributed by atoms with Crippen LogP contribution in [0.1, 0.15) is 31.4 Å². The molecule has 0 radical (unpaired) electrons. The Labute approximate surface area is 97.2 Å². The van der Waals surface area contributed by atoms with Crippen LogP contribution in [0.25, 0.3) is 0 Å². The maximum absolute atomic E-state index is 5.09. The van der Waals surface area contributed by atoms with E-state index in [4.69, 9.17) is 4.74 Å². The number of hydrogen-bond donors (Lipinski definition) is 1. The summed E-state index contributed by atoms with van der Waals surface area (Å²) in [6.45, 7) is 1.94. The second kappa shape index (κ2) is 5.85. The van der Waals surface area contributed by atoms with Crippen molar-refractivity contribution in [3.63, 3.8) is 0 Å². The van der Waals surface area contributed by atoms with Crippen LogP contribution in [-0.2, 0) is 6.54 Å². The molecule has 16 heavy (non-hydrogen) atoms. The van der Waals surface area contributed by atoms with Crippen molar-refractivity contribution in [2.75, 3.05) is 13.7 Å². The Hall–Kier alpha value is -1.09. The fourth-order valence-corrected chi connectivity index (χ4v) is 1.97. The highest BCUT2D eigenvalue weighted by Gasteiger charge is 2.16. The van der Waals surface area contributed by atoms with Crippen molar-refractivity contribution < 1.29 is 4.74 Å². The Morgan fingerprint density at radius 1 is 1.44 bits per heavy atom. The monoisotopic (exact) mass is 220 g/mol. The molecule has 1 aliphatic rings. The van der Waals surface area contributed by atoms with Gasteiger partial charge in [0, 0.05) is 12.6 Å². The van der Waals surface area contributed by atoms with Gasteiger partial charge in [0.2, 0.25) is 5.88 Å². The molecule has 1 N–H and O–H groups in total. The van der Waals surface area contributed by atoms with Crippen LogP contribution in [-0.4, -0.2) is 18.6 Å². The van der Waals surface area contributed by atoms with Crippen LogP contribution in [0.2, 0.25) is 0 Å². The van der Waals surface area contributed by atoms with E-state index in [1.165, 1.54) is 25.7 Å². The van der Waals surface area contributed by atoms with Gasteiger partial charge in [-0.15, -0.1) is 0 Å². The van der Waals surface area contributed by atoms with Gasteiger partial charge in [0.15, 0.2) is 0 Å². The second-order valence-electron chi connectivity index (χ2n) is 4.43. The summed E-state index contributed by atoms with van der Waals surface area (Å²) in [4.78, 5) is 4.36. The van der Waals surface area contributed by atoms with Gasteiger partial charge in [-0.05, 0) is 24.9 Å². The lowest BCUT2D eigenvalue weighted by atomic mass is 9.83. The molecule has 0 aromatic carbocycles. The van der Waals surface area contributed by atoms with E-state index in [0.29, 0.717) is 5.88 Å². The Balaban J connectivity index is 1.67. The zero-order chi connectivity index (χ0) is 11.2. The molecule has 88 valence electrons. The van der Waals surface area contributed by atoms with Crippen LogP contribution in [0, 0.1) is 5.92 Å². The summed E-state index contributed by atoms with van der Waals surface area (Å²) in [5.41, 5.74) is 1.05. The first-order chi connectivity index (χ1) is 7.88. The summed E-state index contributed by atoms with van der Waals surface area (Å²) in [5.74, 6) is 1.67. The van der Waals surface area contributed by atoms with E-state index in [9.17, 15) is 0 Å². The highest BCUT2D eigenvalue weighted by molar-refractivity contribution is 5.15. The molecule has 1 aromatic heterocycles. The first-order valence-corrected chi connectivity index (χ1v) is 6.09. The van der Waals surface area contributed by atoms with Gasteiger partial charge >= 0.3 is 0 Å². The highest BCUT2D eigenvalue weighted by Crippen LogP contribution is 2.28. The molecule has 3 heteroatoms. The molecule has 1 saturated carbocycles. The summed E-state index contributed by atoms with van der Waals surface area (Å²) in [7, 11) is 1.65. The summed E-state index contributed by atoms with van der Waals surface area (Å²) in [6, 6.07) is 5.88. The molecule has 0 unspecified atom stereocenters. The van der Waals surface area contributed by atoms with Crippen molar-refractivity contribution in [1.82, 2.24) is 10.3 Å². The average molecular weight is 220 g/mol. The van der Waals surface area contributed by atoms with E-state index in [1.807, 2.05) is 18.2 Å². The molecule has 2 rings (SSSR count). The van der Waals surface area contributed by atoms with Gasteiger partial charge < -0.3 is 10.1 Å². The lowest BCUT2D eigenvalue weighted by molar-refractivity contribution is 0.292. The maximum atomic E-state index is 5.09. The van der Waals surface area contributed by atoms with E-state index in [2.05, 4.69) is 10.3 Å². The van der Waals surface area contributed by atoms with E-state index in [0.717, 1.165) is 24.7 Å².